The summed E-state index contributed by atoms with van der Waals surface area (Å²) in [6.45, 7) is 3.67. The van der Waals surface area contributed by atoms with Crippen molar-refractivity contribution >= 4 is 56.6 Å². The number of nitrogens with zero attached hydrogens (tertiary/aromatic N) is 2. The lowest BCUT2D eigenvalue weighted by Crippen LogP contribution is -2.48. The van der Waals surface area contributed by atoms with E-state index in [1.807, 2.05) is 86.5 Å². The molecule has 3 rings (SSSR count). The molecule has 2 atom stereocenters. The number of rotatable bonds is 13. The van der Waals surface area contributed by atoms with Crippen molar-refractivity contribution in [2.45, 2.75) is 23.7 Å². The molecule has 0 saturated carbocycles. The maximum Gasteiger partial charge on any atom is 0.354 e. The topological polar surface area (TPSA) is 15.7 Å². The van der Waals surface area contributed by atoms with E-state index in [2.05, 4.69) is 11.8 Å². The van der Waals surface area contributed by atoms with E-state index in [1.165, 1.54) is 28.5 Å². The van der Waals surface area contributed by atoms with Crippen molar-refractivity contribution in [1.82, 2.24) is 0 Å². The predicted octanol–water partition coefficient (Wildman–Crippen LogP) is 10.00. The molecule has 0 spiro atoms. The van der Waals surface area contributed by atoms with Gasteiger partial charge in [0.1, 0.15) is 0 Å². The SMILES string of the molecule is C#CSC(=C\CC1=C(C(=C)/C=C(/C=C/c2ccc(N(C)C)cc2)SOC)C(F)(F)C(F)(F)C1(F)P)/C=C/c1ccc(N(C)C)cc1. The van der Waals surface area contributed by atoms with Crippen LogP contribution in [0.25, 0.3) is 12.2 Å². The highest BCUT2D eigenvalue weighted by Crippen LogP contribution is 2.63. The van der Waals surface area contributed by atoms with Crippen LogP contribution in [0.2, 0.25) is 0 Å². The van der Waals surface area contributed by atoms with Crippen LogP contribution in [0.5, 0.6) is 0 Å². The summed E-state index contributed by atoms with van der Waals surface area (Å²) >= 11 is 1.75. The normalized spacial score (nSPS) is 19.6. The molecule has 11 heteroatoms. The van der Waals surface area contributed by atoms with Crippen LogP contribution in [0.4, 0.5) is 33.3 Å². The first-order valence-electron chi connectivity index (χ1n) is 13.9. The largest absolute Gasteiger partial charge is 0.378 e. The highest BCUT2D eigenvalue weighted by atomic mass is 32.2. The fourth-order valence-electron chi connectivity index (χ4n) is 4.57. The van der Waals surface area contributed by atoms with E-state index < -0.39 is 40.4 Å². The number of halogens is 5. The number of benzene rings is 2. The number of terminal acetylenes is 1. The molecule has 3 nitrogen and oxygen atoms in total. The van der Waals surface area contributed by atoms with Gasteiger partial charge in [-0.05, 0) is 88.2 Å². The molecule has 0 fully saturated rings. The number of hydrogen-bond acceptors (Lipinski definition) is 5. The Morgan fingerprint density at radius 2 is 1.37 bits per heavy atom. The van der Waals surface area contributed by atoms with Gasteiger partial charge in [-0.25, -0.2) is 4.39 Å². The van der Waals surface area contributed by atoms with E-state index in [4.69, 9.17) is 10.6 Å². The Kier molecular flexibility index (Phi) is 12.6. The minimum absolute atomic E-state index is 0.289. The van der Waals surface area contributed by atoms with Crippen molar-refractivity contribution in [3.63, 3.8) is 0 Å². The number of anilines is 2. The van der Waals surface area contributed by atoms with Gasteiger partial charge in [0.05, 0.1) is 7.11 Å². The van der Waals surface area contributed by atoms with Gasteiger partial charge in [0, 0.05) is 67.0 Å². The molecular weight excluding hydrogens is 654 g/mol. The summed E-state index contributed by atoms with van der Waals surface area (Å²) in [5.41, 5.74) is 1.15. The van der Waals surface area contributed by atoms with Gasteiger partial charge in [0.2, 0.25) is 5.41 Å². The van der Waals surface area contributed by atoms with Gasteiger partial charge in [0.25, 0.3) is 0 Å². The Morgan fingerprint density at radius 3 is 1.80 bits per heavy atom. The van der Waals surface area contributed by atoms with E-state index in [-0.39, 0.29) is 4.91 Å². The maximum absolute atomic E-state index is 15.8. The number of allylic oxidation sites excluding steroid dienone is 7. The fourth-order valence-corrected chi connectivity index (χ4v) is 5.96. The van der Waals surface area contributed by atoms with E-state index in [1.54, 1.807) is 24.3 Å². The molecule has 2 aromatic rings. The highest BCUT2D eigenvalue weighted by Gasteiger charge is 2.76. The zero-order valence-corrected chi connectivity index (χ0v) is 28.9. The Bertz CT molecular complexity index is 1600. The summed E-state index contributed by atoms with van der Waals surface area (Å²) in [6, 6.07) is 15.1. The predicted molar refractivity (Wildman–Crippen MR) is 191 cm³/mol. The van der Waals surface area contributed by atoms with Crippen molar-refractivity contribution in [3.8, 4) is 11.7 Å². The maximum atomic E-state index is 15.8. The van der Waals surface area contributed by atoms with E-state index in [0.717, 1.165) is 46.3 Å². The summed E-state index contributed by atoms with van der Waals surface area (Å²) in [5.74, 6) is -9.90. The first-order chi connectivity index (χ1) is 21.6. The monoisotopic (exact) mass is 690 g/mol. The van der Waals surface area contributed by atoms with Crippen LogP contribution in [0.15, 0.2) is 106 Å². The van der Waals surface area contributed by atoms with Crippen molar-refractivity contribution < 1.29 is 26.1 Å². The third-order valence-electron chi connectivity index (χ3n) is 7.11. The zero-order valence-electron chi connectivity index (χ0n) is 26.2. The van der Waals surface area contributed by atoms with Crippen LogP contribution in [-0.2, 0) is 4.18 Å². The molecule has 244 valence electrons. The molecule has 2 unspecified atom stereocenters. The Morgan fingerprint density at radius 1 is 0.891 bits per heavy atom. The van der Waals surface area contributed by atoms with Gasteiger partial charge in [-0.1, -0.05) is 58.3 Å². The molecule has 0 bridgehead atoms. The summed E-state index contributed by atoms with van der Waals surface area (Å²) in [6.07, 6.45) is 14.1. The fraction of sp³-hybridized carbons (Fsp3) is 0.257. The molecule has 2 aromatic carbocycles. The van der Waals surface area contributed by atoms with Gasteiger partial charge in [-0.15, -0.1) is 6.42 Å². The first kappa shape index (κ1) is 37.2. The minimum atomic E-state index is -5.05. The van der Waals surface area contributed by atoms with Crippen LogP contribution in [0.3, 0.4) is 0 Å². The second kappa shape index (κ2) is 15.6. The lowest BCUT2D eigenvalue weighted by Gasteiger charge is -2.28. The third-order valence-corrected chi connectivity index (χ3v) is 9.09. The van der Waals surface area contributed by atoms with Crippen LogP contribution in [-0.4, -0.2) is 52.6 Å². The summed E-state index contributed by atoms with van der Waals surface area (Å²) < 4.78 is 81.9. The molecule has 1 aliphatic rings. The van der Waals surface area contributed by atoms with E-state index >= 15 is 22.0 Å². The van der Waals surface area contributed by atoms with Gasteiger partial charge in [-0.3, -0.25) is 0 Å². The standard InChI is InChI=1S/C35H36F5N2OPS2/c1-8-45-29(19-13-25-9-15-27(16-10-25)41(3)4)21-22-31-32(33(36,37)35(39,40)34(31,38)44)24(2)23-30(46-43-7)20-14-26-11-17-28(18-12-26)42(5)6/h1,9-21,23H,2,22,44H2,3-7H3/b19-13+,20-14+,29-21-,30-23-. The van der Waals surface area contributed by atoms with Crippen LogP contribution >= 0.6 is 33.0 Å². The number of hydrogen-bond donors (Lipinski definition) is 0. The molecule has 1 aliphatic carbocycles. The average Bonchev–Trinajstić information content (AvgIpc) is 3.10. The molecule has 0 heterocycles. The average molecular weight is 691 g/mol. The second-order valence-electron chi connectivity index (χ2n) is 10.7. The summed E-state index contributed by atoms with van der Waals surface area (Å²) in [5, 5.41) is -1.35. The van der Waals surface area contributed by atoms with E-state index in [9.17, 15) is 0 Å². The Labute approximate surface area is 279 Å². The van der Waals surface area contributed by atoms with Crippen LogP contribution in [0.1, 0.15) is 17.5 Å². The van der Waals surface area contributed by atoms with Crippen molar-refractivity contribution in [2.75, 3.05) is 45.1 Å². The van der Waals surface area contributed by atoms with Crippen molar-refractivity contribution in [2.24, 2.45) is 0 Å². The molecule has 0 aromatic heterocycles. The van der Waals surface area contributed by atoms with Gasteiger partial charge in [0.15, 0.2) is 0 Å². The molecule has 0 radical (unpaired) electrons. The molecular formula is C35H36F5N2OPS2. The third kappa shape index (κ3) is 8.38. The quantitative estimate of drug-likeness (QED) is 0.0682. The van der Waals surface area contributed by atoms with Crippen molar-refractivity contribution in [1.29, 1.82) is 0 Å². The van der Waals surface area contributed by atoms with Gasteiger partial charge >= 0.3 is 11.8 Å². The molecule has 0 N–H and O–H groups in total. The number of thioether (sulfide) groups is 1. The lowest BCUT2D eigenvalue weighted by atomic mass is 9.98. The summed E-state index contributed by atoms with van der Waals surface area (Å²) in [7, 11) is 10.3. The second-order valence-corrected chi connectivity index (χ2v) is 13.4. The van der Waals surface area contributed by atoms with Gasteiger partial charge in [-0.2, -0.15) is 17.6 Å². The molecule has 0 aliphatic heterocycles. The smallest absolute Gasteiger partial charge is 0.354 e. The summed E-state index contributed by atoms with van der Waals surface area (Å²) in [4.78, 5) is 4.56. The van der Waals surface area contributed by atoms with Gasteiger partial charge < -0.3 is 14.0 Å². The highest BCUT2D eigenvalue weighted by molar-refractivity contribution is 8.07. The number of alkyl halides is 5. The Balaban J connectivity index is 2.02. The van der Waals surface area contributed by atoms with E-state index in [0.29, 0.717) is 4.91 Å². The van der Waals surface area contributed by atoms with Crippen LogP contribution in [0, 0.1) is 11.7 Å². The van der Waals surface area contributed by atoms with Crippen LogP contribution < -0.4 is 9.80 Å². The molecule has 0 amide bonds. The zero-order chi connectivity index (χ0) is 34.3. The molecule has 46 heavy (non-hydrogen) atoms. The van der Waals surface area contributed by atoms with Crippen molar-refractivity contribution in [3.05, 3.63) is 117 Å². The minimum Gasteiger partial charge on any atom is -0.378 e. The Hall–Kier alpha value is -3.22. The lowest BCUT2D eigenvalue weighted by molar-refractivity contribution is -0.206. The molecule has 0 saturated heterocycles. The first-order valence-corrected chi connectivity index (χ1v) is 16.0.